The molecule has 0 saturated heterocycles. The third kappa shape index (κ3) is 5.11. The van der Waals surface area contributed by atoms with Crippen LogP contribution in [0.3, 0.4) is 0 Å². The molecule has 1 aromatic rings. The Morgan fingerprint density at radius 2 is 1.76 bits per heavy atom. The van der Waals surface area contributed by atoms with Crippen LogP contribution in [-0.4, -0.2) is 15.0 Å². The monoisotopic (exact) mass is 309 g/mol. The van der Waals surface area contributed by atoms with Crippen molar-refractivity contribution in [2.24, 2.45) is 5.92 Å². The molecule has 0 radical (unpaired) electrons. The maximum absolute atomic E-state index is 12.3. The van der Waals surface area contributed by atoms with Crippen molar-refractivity contribution in [2.75, 3.05) is 6.54 Å². The summed E-state index contributed by atoms with van der Waals surface area (Å²) in [7, 11) is -3.35. The number of nitrogens with one attached hydrogen (secondary N) is 1. The molecule has 1 saturated carbocycles. The second-order valence-electron chi connectivity index (χ2n) is 6.10. The normalized spacial score (nSPS) is 17.0. The smallest absolute Gasteiger partial charge is 0.211 e. The zero-order chi connectivity index (χ0) is 15.1. The predicted octanol–water partition coefficient (Wildman–Crippen LogP) is 3.89. The fourth-order valence-electron chi connectivity index (χ4n) is 2.92. The molecule has 1 aliphatic rings. The van der Waals surface area contributed by atoms with Crippen LogP contribution in [0.1, 0.15) is 57.4 Å². The van der Waals surface area contributed by atoms with E-state index in [0.29, 0.717) is 17.4 Å². The lowest BCUT2D eigenvalue weighted by Gasteiger charge is -2.21. The van der Waals surface area contributed by atoms with Gasteiger partial charge in [-0.05, 0) is 49.3 Å². The standard InChI is InChI=1S/C17H27NO2S/c1-2-3-7-15-10-12-17(13-11-15)21(19,20)18-14-16-8-5-4-6-9-16/h10-13,16,18H,2-9,14H2,1H3. The van der Waals surface area contributed by atoms with Crippen LogP contribution in [0.4, 0.5) is 0 Å². The Morgan fingerprint density at radius 3 is 2.38 bits per heavy atom. The van der Waals surface area contributed by atoms with Gasteiger partial charge in [-0.3, -0.25) is 0 Å². The lowest BCUT2D eigenvalue weighted by atomic mass is 9.90. The summed E-state index contributed by atoms with van der Waals surface area (Å²) >= 11 is 0. The molecule has 2 rings (SSSR count). The molecule has 0 spiro atoms. The minimum Gasteiger partial charge on any atom is -0.211 e. The van der Waals surface area contributed by atoms with E-state index >= 15 is 0 Å². The van der Waals surface area contributed by atoms with E-state index in [1.54, 1.807) is 12.1 Å². The molecule has 3 nitrogen and oxygen atoms in total. The van der Waals surface area contributed by atoms with Crippen LogP contribution in [0, 0.1) is 5.92 Å². The Balaban J connectivity index is 1.91. The minimum absolute atomic E-state index is 0.388. The molecule has 4 heteroatoms. The summed E-state index contributed by atoms with van der Waals surface area (Å²) in [5, 5.41) is 0. The Kier molecular flexibility index (Phi) is 6.24. The van der Waals surface area contributed by atoms with E-state index in [9.17, 15) is 8.42 Å². The van der Waals surface area contributed by atoms with Crippen molar-refractivity contribution in [1.29, 1.82) is 0 Å². The highest BCUT2D eigenvalue weighted by Gasteiger charge is 2.18. The van der Waals surface area contributed by atoms with Gasteiger partial charge in [-0.1, -0.05) is 44.7 Å². The number of sulfonamides is 1. The average Bonchev–Trinajstić information content (AvgIpc) is 2.52. The number of benzene rings is 1. The highest BCUT2D eigenvalue weighted by atomic mass is 32.2. The third-order valence-corrected chi connectivity index (χ3v) is 5.78. The molecule has 0 bridgehead atoms. The number of rotatable bonds is 7. The summed E-state index contributed by atoms with van der Waals surface area (Å²) in [6, 6.07) is 7.33. The third-order valence-electron chi connectivity index (χ3n) is 4.34. The van der Waals surface area contributed by atoms with Gasteiger partial charge in [0.25, 0.3) is 0 Å². The molecule has 21 heavy (non-hydrogen) atoms. The van der Waals surface area contributed by atoms with Gasteiger partial charge in [0.2, 0.25) is 10.0 Å². The summed E-state index contributed by atoms with van der Waals surface area (Å²) in [6.07, 6.45) is 9.39. The molecular formula is C17H27NO2S. The van der Waals surface area contributed by atoms with Gasteiger partial charge in [0.1, 0.15) is 0 Å². The summed E-state index contributed by atoms with van der Waals surface area (Å²) in [5.41, 5.74) is 1.21. The van der Waals surface area contributed by atoms with Crippen molar-refractivity contribution in [3.63, 3.8) is 0 Å². The molecule has 1 N–H and O–H groups in total. The van der Waals surface area contributed by atoms with E-state index in [1.807, 2.05) is 12.1 Å². The van der Waals surface area contributed by atoms with Crippen molar-refractivity contribution in [3.05, 3.63) is 29.8 Å². The molecule has 1 aliphatic carbocycles. The first-order valence-electron chi connectivity index (χ1n) is 8.20. The lowest BCUT2D eigenvalue weighted by molar-refractivity contribution is 0.357. The van der Waals surface area contributed by atoms with E-state index in [-0.39, 0.29) is 0 Å². The van der Waals surface area contributed by atoms with Crippen molar-refractivity contribution < 1.29 is 8.42 Å². The molecule has 1 fully saturated rings. The SMILES string of the molecule is CCCCc1ccc(S(=O)(=O)NCC2CCCCC2)cc1. The van der Waals surface area contributed by atoms with Gasteiger partial charge >= 0.3 is 0 Å². The highest BCUT2D eigenvalue weighted by molar-refractivity contribution is 7.89. The van der Waals surface area contributed by atoms with Crippen LogP contribution in [0.25, 0.3) is 0 Å². The van der Waals surface area contributed by atoms with Crippen molar-refractivity contribution in [3.8, 4) is 0 Å². The summed E-state index contributed by atoms with van der Waals surface area (Å²) in [6.45, 7) is 2.74. The maximum atomic E-state index is 12.3. The van der Waals surface area contributed by atoms with Gasteiger partial charge in [-0.25, -0.2) is 13.1 Å². The van der Waals surface area contributed by atoms with E-state index < -0.39 is 10.0 Å². The van der Waals surface area contributed by atoms with Crippen LogP contribution < -0.4 is 4.72 Å². The van der Waals surface area contributed by atoms with Crippen molar-refractivity contribution >= 4 is 10.0 Å². The van der Waals surface area contributed by atoms with Crippen LogP contribution in [-0.2, 0) is 16.4 Å². The maximum Gasteiger partial charge on any atom is 0.240 e. The van der Waals surface area contributed by atoms with Gasteiger partial charge < -0.3 is 0 Å². The van der Waals surface area contributed by atoms with Gasteiger partial charge in [0, 0.05) is 6.54 Å². The van der Waals surface area contributed by atoms with E-state index in [1.165, 1.54) is 24.8 Å². The van der Waals surface area contributed by atoms with Gasteiger partial charge in [-0.15, -0.1) is 0 Å². The van der Waals surface area contributed by atoms with E-state index in [0.717, 1.165) is 32.1 Å². The topological polar surface area (TPSA) is 46.2 Å². The second-order valence-corrected chi connectivity index (χ2v) is 7.87. The lowest BCUT2D eigenvalue weighted by Crippen LogP contribution is -2.30. The Labute approximate surface area is 129 Å². The van der Waals surface area contributed by atoms with Crippen LogP contribution in [0.5, 0.6) is 0 Å². The molecular weight excluding hydrogens is 282 g/mol. The predicted molar refractivity (Wildman–Crippen MR) is 86.8 cm³/mol. The number of unbranched alkanes of at least 4 members (excludes halogenated alkanes) is 1. The largest absolute Gasteiger partial charge is 0.240 e. The van der Waals surface area contributed by atoms with Crippen LogP contribution >= 0.6 is 0 Å². The molecule has 0 aliphatic heterocycles. The first kappa shape index (κ1) is 16.5. The van der Waals surface area contributed by atoms with Crippen LogP contribution in [0.15, 0.2) is 29.2 Å². The Bertz CT molecular complexity index is 516. The molecule has 0 atom stereocenters. The number of hydrogen-bond acceptors (Lipinski definition) is 2. The van der Waals surface area contributed by atoms with Crippen LogP contribution in [0.2, 0.25) is 0 Å². The fraction of sp³-hybridized carbons (Fsp3) is 0.647. The average molecular weight is 309 g/mol. The molecule has 0 heterocycles. The second kappa shape index (κ2) is 7.95. The summed E-state index contributed by atoms with van der Waals surface area (Å²) in [5.74, 6) is 0.511. The number of hydrogen-bond donors (Lipinski definition) is 1. The molecule has 0 aromatic heterocycles. The Morgan fingerprint density at radius 1 is 1.10 bits per heavy atom. The van der Waals surface area contributed by atoms with Gasteiger partial charge in [0.05, 0.1) is 4.90 Å². The van der Waals surface area contributed by atoms with Crippen molar-refractivity contribution in [2.45, 2.75) is 63.2 Å². The summed E-state index contributed by atoms with van der Waals surface area (Å²) < 4.78 is 27.4. The highest BCUT2D eigenvalue weighted by Crippen LogP contribution is 2.23. The number of aryl methyl sites for hydroxylation is 1. The Hall–Kier alpha value is -0.870. The van der Waals surface area contributed by atoms with Gasteiger partial charge in [-0.2, -0.15) is 0 Å². The van der Waals surface area contributed by atoms with E-state index in [2.05, 4.69) is 11.6 Å². The van der Waals surface area contributed by atoms with E-state index in [4.69, 9.17) is 0 Å². The molecule has 1 aromatic carbocycles. The molecule has 118 valence electrons. The first-order chi connectivity index (χ1) is 10.1. The zero-order valence-corrected chi connectivity index (χ0v) is 13.8. The van der Waals surface area contributed by atoms with Crippen molar-refractivity contribution in [1.82, 2.24) is 4.72 Å². The molecule has 0 unspecified atom stereocenters. The summed E-state index contributed by atoms with van der Waals surface area (Å²) in [4.78, 5) is 0.388. The minimum atomic E-state index is -3.35. The zero-order valence-electron chi connectivity index (χ0n) is 13.0. The first-order valence-corrected chi connectivity index (χ1v) is 9.69. The van der Waals surface area contributed by atoms with Gasteiger partial charge in [0.15, 0.2) is 0 Å². The molecule has 0 amide bonds. The fourth-order valence-corrected chi connectivity index (χ4v) is 4.03. The quantitative estimate of drug-likeness (QED) is 0.830.